The topological polar surface area (TPSA) is 78.4 Å². The van der Waals surface area contributed by atoms with Gasteiger partial charge in [-0.2, -0.15) is 0 Å². The molecule has 1 aromatic heterocycles. The van der Waals surface area contributed by atoms with Crippen molar-refractivity contribution >= 4 is 11.6 Å². The third-order valence-electron chi connectivity index (χ3n) is 6.95. The van der Waals surface area contributed by atoms with Crippen LogP contribution in [-0.4, -0.2) is 79.3 Å². The Kier molecular flexibility index (Phi) is 8.50. The van der Waals surface area contributed by atoms with E-state index in [4.69, 9.17) is 9.47 Å². The molecule has 1 aliphatic heterocycles. The van der Waals surface area contributed by atoms with Crippen LogP contribution in [0.5, 0.6) is 17.2 Å². The number of anilines is 1. The van der Waals surface area contributed by atoms with E-state index in [0.29, 0.717) is 19.6 Å². The van der Waals surface area contributed by atoms with Crippen LogP contribution >= 0.6 is 0 Å². The summed E-state index contributed by atoms with van der Waals surface area (Å²) < 4.78 is 11.5. The summed E-state index contributed by atoms with van der Waals surface area (Å²) in [5.74, 6) is 1.68. The number of carbonyl (C=O) groups is 1. The molecular weight excluding hydrogens is 468 g/mol. The van der Waals surface area contributed by atoms with Crippen LogP contribution in [0.3, 0.4) is 0 Å². The van der Waals surface area contributed by atoms with Crippen molar-refractivity contribution in [3.05, 3.63) is 66.0 Å². The van der Waals surface area contributed by atoms with Crippen molar-refractivity contribution in [2.75, 3.05) is 58.4 Å². The highest BCUT2D eigenvalue weighted by Gasteiger charge is 2.22. The number of hydrogen-bond donors (Lipinski definition) is 1. The Balaban J connectivity index is 1.43. The molecule has 8 heteroatoms. The number of carbonyl (C=O) groups excluding carboxylic acids is 1. The Morgan fingerprint density at radius 3 is 2.08 bits per heavy atom. The summed E-state index contributed by atoms with van der Waals surface area (Å²) in [4.78, 5) is 23.3. The van der Waals surface area contributed by atoms with Crippen LogP contribution < -0.4 is 14.4 Å². The second kappa shape index (κ2) is 12.0. The number of methoxy groups -OCH3 is 2. The van der Waals surface area contributed by atoms with E-state index in [1.54, 1.807) is 26.5 Å². The molecule has 4 rings (SSSR count). The molecule has 1 saturated heterocycles. The molecule has 37 heavy (non-hydrogen) atoms. The molecular formula is C29H36N4O4. The van der Waals surface area contributed by atoms with E-state index in [-0.39, 0.29) is 11.7 Å². The molecule has 2 heterocycles. The molecule has 2 aromatic carbocycles. The molecule has 1 aliphatic rings. The molecule has 1 fully saturated rings. The first-order valence-corrected chi connectivity index (χ1v) is 12.7. The molecule has 0 saturated carbocycles. The summed E-state index contributed by atoms with van der Waals surface area (Å²) >= 11 is 0. The number of aromatic nitrogens is 1. The van der Waals surface area contributed by atoms with Gasteiger partial charge in [0.1, 0.15) is 17.2 Å². The summed E-state index contributed by atoms with van der Waals surface area (Å²) in [5, 5.41) is 9.83. The average molecular weight is 505 g/mol. The van der Waals surface area contributed by atoms with E-state index >= 15 is 0 Å². The fourth-order valence-electron chi connectivity index (χ4n) is 4.79. The fourth-order valence-corrected chi connectivity index (χ4v) is 4.79. The van der Waals surface area contributed by atoms with Crippen LogP contribution in [-0.2, 0) is 6.54 Å². The fraction of sp³-hybridized carbons (Fsp3) is 0.379. The molecule has 8 nitrogen and oxygen atoms in total. The lowest BCUT2D eigenvalue weighted by Crippen LogP contribution is -2.46. The second-order valence-corrected chi connectivity index (χ2v) is 9.08. The summed E-state index contributed by atoms with van der Waals surface area (Å²) in [5.41, 5.74) is 4.52. The van der Waals surface area contributed by atoms with E-state index in [1.807, 2.05) is 55.1 Å². The third-order valence-corrected chi connectivity index (χ3v) is 6.95. The van der Waals surface area contributed by atoms with Crippen LogP contribution in [0.25, 0.3) is 11.1 Å². The zero-order chi connectivity index (χ0) is 26.4. The summed E-state index contributed by atoms with van der Waals surface area (Å²) in [6.45, 7) is 9.70. The molecule has 0 spiro atoms. The van der Waals surface area contributed by atoms with Gasteiger partial charge in [-0.1, -0.05) is 0 Å². The average Bonchev–Trinajstić information content (AvgIpc) is 2.94. The maximum atomic E-state index is 12.6. The lowest BCUT2D eigenvalue weighted by atomic mass is 10.0. The molecule has 0 bridgehead atoms. The minimum absolute atomic E-state index is 0.0793. The summed E-state index contributed by atoms with van der Waals surface area (Å²) in [6.07, 6.45) is 3.12. The number of pyridine rings is 1. The number of benzene rings is 2. The molecule has 0 atom stereocenters. The number of rotatable bonds is 9. The zero-order valence-corrected chi connectivity index (χ0v) is 22.1. The van der Waals surface area contributed by atoms with Gasteiger partial charge in [-0.15, -0.1) is 0 Å². The van der Waals surface area contributed by atoms with Gasteiger partial charge in [-0.3, -0.25) is 14.7 Å². The van der Waals surface area contributed by atoms with Crippen molar-refractivity contribution in [2.24, 2.45) is 0 Å². The maximum Gasteiger partial charge on any atom is 0.253 e. The van der Waals surface area contributed by atoms with Crippen LogP contribution in [0.15, 0.2) is 54.9 Å². The van der Waals surface area contributed by atoms with Gasteiger partial charge >= 0.3 is 0 Å². The highest BCUT2D eigenvalue weighted by Crippen LogP contribution is 2.36. The van der Waals surface area contributed by atoms with Crippen molar-refractivity contribution in [2.45, 2.75) is 20.4 Å². The largest absolute Gasteiger partial charge is 0.506 e. The van der Waals surface area contributed by atoms with Crippen LogP contribution in [0, 0.1) is 0 Å². The number of amides is 1. The molecule has 196 valence electrons. The van der Waals surface area contributed by atoms with E-state index in [0.717, 1.165) is 65.6 Å². The number of ether oxygens (including phenoxy) is 2. The number of aromatic hydroxyl groups is 1. The van der Waals surface area contributed by atoms with E-state index in [1.165, 1.54) is 6.20 Å². The normalized spacial score (nSPS) is 13.9. The smallest absolute Gasteiger partial charge is 0.253 e. The maximum absolute atomic E-state index is 12.6. The van der Waals surface area contributed by atoms with Gasteiger partial charge in [0.15, 0.2) is 0 Å². The van der Waals surface area contributed by atoms with E-state index in [2.05, 4.69) is 14.8 Å². The monoisotopic (exact) mass is 504 g/mol. The van der Waals surface area contributed by atoms with Crippen molar-refractivity contribution in [3.8, 4) is 28.4 Å². The van der Waals surface area contributed by atoms with Crippen molar-refractivity contribution in [1.82, 2.24) is 14.8 Å². The quantitative estimate of drug-likeness (QED) is 0.466. The predicted molar refractivity (Wildman–Crippen MR) is 146 cm³/mol. The Labute approximate surface area is 219 Å². The van der Waals surface area contributed by atoms with Gasteiger partial charge in [0.05, 0.1) is 26.0 Å². The number of piperazine rings is 1. The Morgan fingerprint density at radius 1 is 0.919 bits per heavy atom. The SMILES string of the molecule is CCN(CC)C(=O)c1ccc(N2CCN(Cc3c(OC)cc(-c4cncc(O)c4)cc3OC)CC2)cc1. The van der Waals surface area contributed by atoms with Gasteiger partial charge in [0.25, 0.3) is 5.91 Å². The van der Waals surface area contributed by atoms with Gasteiger partial charge < -0.3 is 24.4 Å². The molecule has 1 N–H and O–H groups in total. The van der Waals surface area contributed by atoms with Gasteiger partial charge in [0, 0.05) is 68.8 Å². The minimum atomic E-state index is 0.0793. The minimum Gasteiger partial charge on any atom is -0.506 e. The first-order chi connectivity index (χ1) is 18.0. The molecule has 0 unspecified atom stereocenters. The molecule has 0 radical (unpaired) electrons. The highest BCUT2D eigenvalue weighted by atomic mass is 16.5. The molecule has 1 amide bonds. The second-order valence-electron chi connectivity index (χ2n) is 9.08. The standard InChI is InChI=1S/C29H36N4O4/c1-5-32(6-2)29(35)21-7-9-24(10-8-21)33-13-11-31(12-14-33)20-26-27(36-3)16-22(17-28(26)37-4)23-15-25(34)19-30-18-23/h7-10,15-19,34H,5-6,11-14,20H2,1-4H3. The third kappa shape index (κ3) is 5.97. The Bertz CT molecular complexity index is 1180. The lowest BCUT2D eigenvalue weighted by molar-refractivity contribution is 0.0773. The zero-order valence-electron chi connectivity index (χ0n) is 22.1. The van der Waals surface area contributed by atoms with Crippen molar-refractivity contribution in [1.29, 1.82) is 0 Å². The first kappa shape index (κ1) is 26.3. The van der Waals surface area contributed by atoms with Gasteiger partial charge in [0.2, 0.25) is 0 Å². The summed E-state index contributed by atoms with van der Waals surface area (Å²) in [6, 6.07) is 13.6. The van der Waals surface area contributed by atoms with Gasteiger partial charge in [-0.25, -0.2) is 0 Å². The number of nitrogens with zero attached hydrogens (tertiary/aromatic N) is 4. The Hall–Kier alpha value is -3.78. The van der Waals surface area contributed by atoms with Crippen molar-refractivity contribution in [3.63, 3.8) is 0 Å². The molecule has 3 aromatic rings. The van der Waals surface area contributed by atoms with Crippen LogP contribution in [0.4, 0.5) is 5.69 Å². The van der Waals surface area contributed by atoms with E-state index in [9.17, 15) is 9.90 Å². The van der Waals surface area contributed by atoms with Gasteiger partial charge in [-0.05, 0) is 61.9 Å². The lowest BCUT2D eigenvalue weighted by Gasteiger charge is -2.36. The number of hydrogen-bond acceptors (Lipinski definition) is 7. The van der Waals surface area contributed by atoms with Crippen molar-refractivity contribution < 1.29 is 19.4 Å². The van der Waals surface area contributed by atoms with Crippen LogP contribution in [0.1, 0.15) is 29.8 Å². The highest BCUT2D eigenvalue weighted by molar-refractivity contribution is 5.94. The first-order valence-electron chi connectivity index (χ1n) is 12.7. The molecule has 0 aliphatic carbocycles. The summed E-state index contributed by atoms with van der Waals surface area (Å²) in [7, 11) is 3.32. The Morgan fingerprint density at radius 2 is 1.54 bits per heavy atom. The predicted octanol–water partition coefficient (Wildman–Crippen LogP) is 4.28. The van der Waals surface area contributed by atoms with E-state index < -0.39 is 0 Å². The van der Waals surface area contributed by atoms with Crippen LogP contribution in [0.2, 0.25) is 0 Å².